The van der Waals surface area contributed by atoms with Gasteiger partial charge in [-0.15, -0.1) is 0 Å². The molecule has 244 valence electrons. The summed E-state index contributed by atoms with van der Waals surface area (Å²) in [6.07, 6.45) is 9.62. The Labute approximate surface area is 300 Å². The van der Waals surface area contributed by atoms with Gasteiger partial charge >= 0.3 is 0 Å². The first kappa shape index (κ1) is 29.8. The van der Waals surface area contributed by atoms with Crippen molar-refractivity contribution in [1.29, 1.82) is 0 Å². The average molecular weight is 666 g/mol. The van der Waals surface area contributed by atoms with Crippen molar-refractivity contribution in [1.82, 2.24) is 24.1 Å². The van der Waals surface area contributed by atoms with Gasteiger partial charge in [-0.25, -0.2) is 9.97 Å². The summed E-state index contributed by atoms with van der Waals surface area (Å²) in [5.74, 6) is 0.616. The first-order chi connectivity index (χ1) is 25.8. The third kappa shape index (κ3) is 4.67. The molecular formula is C47H31N5. The summed E-state index contributed by atoms with van der Waals surface area (Å²) in [7, 11) is 0. The fourth-order valence-corrected chi connectivity index (χ4v) is 7.69. The number of benzene rings is 6. The van der Waals surface area contributed by atoms with Crippen LogP contribution in [0.15, 0.2) is 177 Å². The Morgan fingerprint density at radius 3 is 1.98 bits per heavy atom. The van der Waals surface area contributed by atoms with Crippen LogP contribution in [0.25, 0.3) is 94.6 Å². The number of fused-ring (bicyclic) bond motifs is 7. The average Bonchev–Trinajstić information content (AvgIpc) is 3.72. The highest BCUT2D eigenvalue weighted by Gasteiger charge is 2.20. The SMILES string of the molecule is C=C/C=C\c1cc2c(cc1-c1ccc3c(c1)c1ccccc1n3-c1ccccc1)c1ccccc1n2-c1nc(-c2cccnc2)c2ccccc2n1. The van der Waals surface area contributed by atoms with Gasteiger partial charge in [-0.1, -0.05) is 104 Å². The molecule has 4 heterocycles. The molecule has 0 aliphatic heterocycles. The summed E-state index contributed by atoms with van der Waals surface area (Å²) in [6, 6.07) is 51.4. The minimum Gasteiger partial charge on any atom is -0.309 e. The third-order valence-electron chi connectivity index (χ3n) is 9.98. The second-order valence-electron chi connectivity index (χ2n) is 13.0. The predicted molar refractivity (Wildman–Crippen MR) is 216 cm³/mol. The Balaban J connectivity index is 1.24. The van der Waals surface area contributed by atoms with E-state index in [1.165, 1.54) is 21.8 Å². The van der Waals surface area contributed by atoms with Crippen LogP contribution in [0.3, 0.4) is 0 Å². The quantitative estimate of drug-likeness (QED) is 0.166. The van der Waals surface area contributed by atoms with E-state index >= 15 is 0 Å². The van der Waals surface area contributed by atoms with Crippen LogP contribution in [0.5, 0.6) is 0 Å². The maximum atomic E-state index is 5.25. The van der Waals surface area contributed by atoms with Crippen LogP contribution >= 0.6 is 0 Å². The molecule has 0 spiro atoms. The molecule has 6 aromatic carbocycles. The van der Waals surface area contributed by atoms with Gasteiger partial charge in [-0.2, -0.15) is 0 Å². The maximum absolute atomic E-state index is 5.25. The topological polar surface area (TPSA) is 48.5 Å². The predicted octanol–water partition coefficient (Wildman–Crippen LogP) is 11.8. The van der Waals surface area contributed by atoms with Crippen LogP contribution in [0, 0.1) is 0 Å². The second kappa shape index (κ2) is 12.0. The van der Waals surface area contributed by atoms with E-state index in [-0.39, 0.29) is 0 Å². The molecule has 0 N–H and O–H groups in total. The molecule has 0 aliphatic rings. The van der Waals surface area contributed by atoms with E-state index in [1.807, 2.05) is 36.5 Å². The molecule has 0 amide bonds. The first-order valence-corrected chi connectivity index (χ1v) is 17.4. The number of aromatic nitrogens is 5. The van der Waals surface area contributed by atoms with Crippen molar-refractivity contribution in [3.63, 3.8) is 0 Å². The van der Waals surface area contributed by atoms with Crippen LogP contribution in [0.1, 0.15) is 5.56 Å². The highest BCUT2D eigenvalue weighted by Crippen LogP contribution is 2.40. The molecule has 0 atom stereocenters. The van der Waals surface area contributed by atoms with Gasteiger partial charge in [0.15, 0.2) is 0 Å². The molecule has 0 fully saturated rings. The van der Waals surface area contributed by atoms with Crippen molar-refractivity contribution >= 4 is 60.6 Å². The highest BCUT2D eigenvalue weighted by atomic mass is 15.2. The number of allylic oxidation sites excluding steroid dienone is 2. The van der Waals surface area contributed by atoms with Gasteiger partial charge in [-0.05, 0) is 83.4 Å². The minimum atomic E-state index is 0.616. The van der Waals surface area contributed by atoms with Gasteiger partial charge in [0.05, 0.1) is 33.3 Å². The zero-order chi connectivity index (χ0) is 34.6. The highest BCUT2D eigenvalue weighted by molar-refractivity contribution is 6.13. The lowest BCUT2D eigenvalue weighted by atomic mass is 9.95. The normalized spacial score (nSPS) is 11.8. The molecule has 0 radical (unpaired) electrons. The summed E-state index contributed by atoms with van der Waals surface area (Å²) < 4.78 is 4.55. The van der Waals surface area contributed by atoms with E-state index in [0.29, 0.717) is 5.95 Å². The van der Waals surface area contributed by atoms with Crippen LogP contribution in [-0.2, 0) is 0 Å². The standard InChI is InChI=1S/C47H31N5/c1-2-3-14-31-28-45-40(29-38(31)32-24-25-44-39(27-32)35-18-8-11-22-42(35)51(44)34-16-5-4-6-17-34)36-19-9-12-23-43(36)52(45)47-49-41-21-10-7-20-37(41)46(50-47)33-15-13-26-48-30-33/h2-30H,1H2/b14-3-. The van der Waals surface area contributed by atoms with E-state index in [4.69, 9.17) is 9.97 Å². The molecule has 5 nitrogen and oxygen atoms in total. The summed E-state index contributed by atoms with van der Waals surface area (Å²) in [5.41, 5.74) is 11.6. The zero-order valence-electron chi connectivity index (χ0n) is 28.2. The van der Waals surface area contributed by atoms with Gasteiger partial charge < -0.3 is 4.57 Å². The molecule has 0 saturated carbocycles. The molecular weight excluding hydrogens is 635 g/mol. The zero-order valence-corrected chi connectivity index (χ0v) is 28.2. The molecule has 0 bridgehead atoms. The molecule has 52 heavy (non-hydrogen) atoms. The smallest absolute Gasteiger partial charge is 0.235 e. The van der Waals surface area contributed by atoms with E-state index < -0.39 is 0 Å². The molecule has 5 heteroatoms. The number of rotatable bonds is 6. The van der Waals surface area contributed by atoms with Gasteiger partial charge in [-0.3, -0.25) is 9.55 Å². The number of pyridine rings is 1. The van der Waals surface area contributed by atoms with Crippen molar-refractivity contribution in [3.8, 4) is 34.0 Å². The van der Waals surface area contributed by atoms with E-state index in [0.717, 1.165) is 66.3 Å². The Morgan fingerprint density at radius 1 is 0.519 bits per heavy atom. The molecule has 10 aromatic rings. The fourth-order valence-electron chi connectivity index (χ4n) is 7.69. The monoisotopic (exact) mass is 665 g/mol. The Hall–Kier alpha value is -7.11. The van der Waals surface area contributed by atoms with Crippen molar-refractivity contribution in [2.24, 2.45) is 0 Å². The molecule has 4 aromatic heterocycles. The maximum Gasteiger partial charge on any atom is 0.235 e. The Morgan fingerprint density at radius 2 is 1.21 bits per heavy atom. The van der Waals surface area contributed by atoms with Gasteiger partial charge in [0, 0.05) is 50.6 Å². The summed E-state index contributed by atoms with van der Waals surface area (Å²) >= 11 is 0. The molecule has 0 unspecified atom stereocenters. The number of hydrogen-bond acceptors (Lipinski definition) is 3. The number of para-hydroxylation sites is 4. The summed E-state index contributed by atoms with van der Waals surface area (Å²) in [5, 5.41) is 5.70. The lowest BCUT2D eigenvalue weighted by molar-refractivity contribution is 1.01. The Kier molecular flexibility index (Phi) is 6.89. The summed E-state index contributed by atoms with van der Waals surface area (Å²) in [4.78, 5) is 14.8. The minimum absolute atomic E-state index is 0.616. The van der Waals surface area contributed by atoms with Crippen molar-refractivity contribution in [3.05, 3.63) is 182 Å². The van der Waals surface area contributed by atoms with Crippen LogP contribution < -0.4 is 0 Å². The van der Waals surface area contributed by atoms with E-state index in [9.17, 15) is 0 Å². The van der Waals surface area contributed by atoms with E-state index in [2.05, 4.69) is 154 Å². The molecule has 10 rings (SSSR count). The van der Waals surface area contributed by atoms with Crippen LogP contribution in [0.2, 0.25) is 0 Å². The number of hydrogen-bond donors (Lipinski definition) is 0. The molecule has 0 aliphatic carbocycles. The van der Waals surface area contributed by atoms with Gasteiger partial charge in [0.1, 0.15) is 0 Å². The van der Waals surface area contributed by atoms with Crippen molar-refractivity contribution in [2.45, 2.75) is 0 Å². The Bertz CT molecular complexity index is 3020. The molecule has 0 saturated heterocycles. The lowest BCUT2D eigenvalue weighted by Crippen LogP contribution is -2.03. The van der Waals surface area contributed by atoms with Gasteiger partial charge in [0.2, 0.25) is 5.95 Å². The van der Waals surface area contributed by atoms with E-state index in [1.54, 1.807) is 6.20 Å². The summed E-state index contributed by atoms with van der Waals surface area (Å²) in [6.45, 7) is 3.99. The van der Waals surface area contributed by atoms with Gasteiger partial charge in [0.25, 0.3) is 0 Å². The van der Waals surface area contributed by atoms with Crippen molar-refractivity contribution in [2.75, 3.05) is 0 Å². The van der Waals surface area contributed by atoms with Crippen LogP contribution in [0.4, 0.5) is 0 Å². The lowest BCUT2D eigenvalue weighted by Gasteiger charge is -2.13. The van der Waals surface area contributed by atoms with Crippen LogP contribution in [-0.4, -0.2) is 24.1 Å². The largest absolute Gasteiger partial charge is 0.309 e. The third-order valence-corrected chi connectivity index (χ3v) is 9.98. The fraction of sp³-hybridized carbons (Fsp3) is 0. The van der Waals surface area contributed by atoms with Crippen molar-refractivity contribution < 1.29 is 0 Å². The number of nitrogens with zero attached hydrogens (tertiary/aromatic N) is 5. The second-order valence-corrected chi connectivity index (χ2v) is 13.0. The first-order valence-electron chi connectivity index (χ1n) is 17.4.